The molecule has 1 aromatic carbocycles. The molecule has 30 heavy (non-hydrogen) atoms. The van der Waals surface area contributed by atoms with Gasteiger partial charge in [-0.1, -0.05) is 18.2 Å². The average molecular weight is 442 g/mol. The number of sulfonamides is 1. The van der Waals surface area contributed by atoms with E-state index in [2.05, 4.69) is 0 Å². The highest BCUT2D eigenvalue weighted by Crippen LogP contribution is 2.51. The molecule has 2 aliphatic rings. The number of ether oxygens (including phenoxy) is 2. The summed E-state index contributed by atoms with van der Waals surface area (Å²) >= 11 is 0. The van der Waals surface area contributed by atoms with E-state index in [1.807, 2.05) is 0 Å². The number of hydrogen-bond acceptors (Lipinski definition) is 8. The Balaban J connectivity index is 1.99. The molecule has 4 atom stereocenters. The van der Waals surface area contributed by atoms with Crippen LogP contribution in [0.3, 0.4) is 0 Å². The first-order chi connectivity index (χ1) is 14.2. The Morgan fingerprint density at radius 1 is 1.40 bits per heavy atom. The number of allylic oxidation sites excluding steroid dienone is 1. The van der Waals surface area contributed by atoms with Crippen molar-refractivity contribution in [2.24, 2.45) is 17.3 Å². The molecule has 0 aromatic heterocycles. The molecule has 1 aliphatic heterocycles. The van der Waals surface area contributed by atoms with Crippen molar-refractivity contribution < 1.29 is 37.8 Å². The number of aliphatic hydroxyl groups excluding tert-OH is 1. The third-order valence-electron chi connectivity index (χ3n) is 5.81. The Hall–Kier alpha value is -2.54. The molecule has 2 N–H and O–H groups in total. The molecule has 0 amide bonds. The van der Waals surface area contributed by atoms with Gasteiger partial charge in [0.1, 0.15) is 12.2 Å². The normalized spacial score (nSPS) is 28.3. The SMILES string of the molecule is COCO[C@H]1C[C@H]2C=CN(S(=O)(=O)c3ccccc3[N+](=O)[O-])C[C@H]2[C@@]1(CO)C(=O)O. The number of aliphatic hydroxyl groups is 1. The minimum atomic E-state index is -4.33. The number of para-hydroxylation sites is 1. The third kappa shape index (κ3) is 3.45. The average Bonchev–Trinajstić information content (AvgIpc) is 3.05. The third-order valence-corrected chi connectivity index (χ3v) is 7.60. The van der Waals surface area contributed by atoms with E-state index in [1.165, 1.54) is 25.4 Å². The van der Waals surface area contributed by atoms with Crippen LogP contribution in [0.25, 0.3) is 0 Å². The van der Waals surface area contributed by atoms with Gasteiger partial charge in [-0.2, -0.15) is 0 Å². The van der Waals surface area contributed by atoms with Gasteiger partial charge in [-0.15, -0.1) is 0 Å². The maximum absolute atomic E-state index is 13.1. The van der Waals surface area contributed by atoms with Crippen molar-refractivity contribution in [3.63, 3.8) is 0 Å². The molecule has 0 bridgehead atoms. The van der Waals surface area contributed by atoms with Crippen LogP contribution >= 0.6 is 0 Å². The number of rotatable bonds is 8. The Kier molecular flexibility index (Phi) is 6.13. The highest BCUT2D eigenvalue weighted by Gasteiger charge is 2.61. The van der Waals surface area contributed by atoms with Gasteiger partial charge >= 0.3 is 5.97 Å². The van der Waals surface area contributed by atoms with Gasteiger partial charge in [-0.3, -0.25) is 19.2 Å². The van der Waals surface area contributed by atoms with Gasteiger partial charge in [0.05, 0.1) is 17.6 Å². The summed E-state index contributed by atoms with van der Waals surface area (Å²) in [6.07, 6.45) is 2.20. The monoisotopic (exact) mass is 442 g/mol. The molecule has 12 heteroatoms. The molecule has 0 saturated heterocycles. The maximum atomic E-state index is 13.1. The van der Waals surface area contributed by atoms with Crippen molar-refractivity contribution in [3.8, 4) is 0 Å². The Morgan fingerprint density at radius 2 is 2.10 bits per heavy atom. The zero-order valence-electron chi connectivity index (χ0n) is 16.1. The van der Waals surface area contributed by atoms with Crippen molar-refractivity contribution >= 4 is 21.7 Å². The lowest BCUT2D eigenvalue weighted by Crippen LogP contribution is -2.52. The van der Waals surface area contributed by atoms with E-state index < -0.39 is 55.5 Å². The number of nitro groups is 1. The molecule has 1 saturated carbocycles. The van der Waals surface area contributed by atoms with Crippen LogP contribution in [-0.2, 0) is 24.3 Å². The fourth-order valence-corrected chi connectivity index (χ4v) is 5.79. The molecule has 11 nitrogen and oxygen atoms in total. The zero-order valence-corrected chi connectivity index (χ0v) is 16.9. The van der Waals surface area contributed by atoms with E-state index in [9.17, 15) is 33.5 Å². The summed E-state index contributed by atoms with van der Waals surface area (Å²) in [4.78, 5) is 22.2. The van der Waals surface area contributed by atoms with E-state index >= 15 is 0 Å². The summed E-state index contributed by atoms with van der Waals surface area (Å²) in [7, 11) is -2.95. The minimum Gasteiger partial charge on any atom is -0.481 e. The van der Waals surface area contributed by atoms with Gasteiger partial charge in [-0.05, 0) is 18.4 Å². The number of carboxylic acids is 1. The summed E-state index contributed by atoms with van der Waals surface area (Å²) in [5, 5.41) is 31.3. The smallest absolute Gasteiger partial charge is 0.315 e. The lowest BCUT2D eigenvalue weighted by molar-refractivity contribution is -0.387. The van der Waals surface area contributed by atoms with Crippen LogP contribution < -0.4 is 0 Å². The molecular formula is C18H22N2O9S. The number of hydrogen-bond donors (Lipinski definition) is 2. The summed E-state index contributed by atoms with van der Waals surface area (Å²) in [5.41, 5.74) is -2.32. The number of fused-ring (bicyclic) bond motifs is 1. The van der Waals surface area contributed by atoms with Crippen LogP contribution in [0, 0.1) is 27.4 Å². The second-order valence-corrected chi connectivity index (χ2v) is 9.07. The fourth-order valence-electron chi connectivity index (χ4n) is 4.30. The number of nitro benzene ring substituents is 1. The lowest BCUT2D eigenvalue weighted by atomic mass is 9.74. The summed E-state index contributed by atoms with van der Waals surface area (Å²) in [6.45, 7) is -1.21. The first-order valence-corrected chi connectivity index (χ1v) is 10.5. The van der Waals surface area contributed by atoms with Crippen LogP contribution in [0.5, 0.6) is 0 Å². The summed E-state index contributed by atoms with van der Waals surface area (Å²) in [5.74, 6) is -2.46. The predicted molar refractivity (Wildman–Crippen MR) is 102 cm³/mol. The first kappa shape index (κ1) is 22.2. The van der Waals surface area contributed by atoms with Crippen LogP contribution in [0.15, 0.2) is 41.4 Å². The van der Waals surface area contributed by atoms with Gasteiger partial charge in [0.15, 0.2) is 4.90 Å². The number of nitrogens with zero attached hydrogens (tertiary/aromatic N) is 2. The Labute approximate surface area is 172 Å². The zero-order chi connectivity index (χ0) is 22.1. The number of benzene rings is 1. The first-order valence-electron chi connectivity index (χ1n) is 9.08. The van der Waals surface area contributed by atoms with E-state index in [1.54, 1.807) is 6.08 Å². The van der Waals surface area contributed by atoms with E-state index in [-0.39, 0.29) is 25.7 Å². The van der Waals surface area contributed by atoms with Gasteiger partial charge in [0.25, 0.3) is 15.7 Å². The fraction of sp³-hybridized carbons (Fsp3) is 0.500. The molecule has 164 valence electrons. The molecule has 1 aliphatic carbocycles. The predicted octanol–water partition coefficient (Wildman–Crippen LogP) is 0.801. The number of carboxylic acid groups (broad SMARTS) is 1. The van der Waals surface area contributed by atoms with Crippen LogP contribution in [0.4, 0.5) is 5.69 Å². The van der Waals surface area contributed by atoms with Gasteiger partial charge in [0.2, 0.25) is 0 Å². The minimum absolute atomic E-state index is 0.179. The van der Waals surface area contributed by atoms with Crippen LogP contribution in [-0.4, -0.2) is 67.0 Å². The van der Waals surface area contributed by atoms with Crippen LogP contribution in [0.1, 0.15) is 6.42 Å². The maximum Gasteiger partial charge on any atom is 0.315 e. The van der Waals surface area contributed by atoms with Gasteiger partial charge in [-0.25, -0.2) is 8.42 Å². The van der Waals surface area contributed by atoms with Crippen molar-refractivity contribution in [1.82, 2.24) is 4.31 Å². The van der Waals surface area contributed by atoms with Crippen LogP contribution in [0.2, 0.25) is 0 Å². The van der Waals surface area contributed by atoms with E-state index in [0.29, 0.717) is 0 Å². The second-order valence-electron chi connectivity index (χ2n) is 7.21. The molecule has 3 rings (SSSR count). The molecule has 0 unspecified atom stereocenters. The highest BCUT2D eigenvalue weighted by atomic mass is 32.2. The quantitative estimate of drug-likeness (QED) is 0.338. The summed E-state index contributed by atoms with van der Waals surface area (Å²) < 4.78 is 37.5. The summed E-state index contributed by atoms with van der Waals surface area (Å²) in [6, 6.07) is 4.94. The van der Waals surface area contributed by atoms with E-state index in [0.717, 1.165) is 16.4 Å². The van der Waals surface area contributed by atoms with Crippen molar-refractivity contribution in [3.05, 3.63) is 46.7 Å². The van der Waals surface area contributed by atoms with Crippen molar-refractivity contribution in [2.75, 3.05) is 27.1 Å². The van der Waals surface area contributed by atoms with Crippen molar-refractivity contribution in [1.29, 1.82) is 0 Å². The molecular weight excluding hydrogens is 420 g/mol. The largest absolute Gasteiger partial charge is 0.481 e. The number of methoxy groups -OCH3 is 1. The standard InChI is InChI=1S/C18H22N2O9S/c1-28-11-29-16-8-12-6-7-19(9-13(12)18(16,10-21)17(22)23)30(26,27)15-5-3-2-4-14(15)20(24)25/h2-7,12-13,16,21H,8-11H2,1H3,(H,22,23)/t12-,13-,16+,18-/m1/s1. The molecule has 0 spiro atoms. The molecule has 1 heterocycles. The Morgan fingerprint density at radius 3 is 2.70 bits per heavy atom. The molecule has 1 aromatic rings. The Bertz CT molecular complexity index is 964. The second kappa shape index (κ2) is 8.30. The number of aliphatic carboxylic acids is 1. The lowest BCUT2D eigenvalue weighted by Gasteiger charge is -2.39. The van der Waals surface area contributed by atoms with Crippen molar-refractivity contribution in [2.45, 2.75) is 17.4 Å². The van der Waals surface area contributed by atoms with Gasteiger partial charge in [0, 0.05) is 31.8 Å². The topological polar surface area (TPSA) is 157 Å². The van der Waals surface area contributed by atoms with E-state index in [4.69, 9.17) is 9.47 Å². The molecule has 0 radical (unpaired) electrons. The number of carbonyl (C=O) groups is 1. The molecule has 1 fully saturated rings. The highest BCUT2D eigenvalue weighted by molar-refractivity contribution is 7.89. The van der Waals surface area contributed by atoms with Gasteiger partial charge < -0.3 is 19.7 Å².